The fourth-order valence-corrected chi connectivity index (χ4v) is 3.32. The lowest BCUT2D eigenvalue weighted by Crippen LogP contribution is -2.29. The van der Waals surface area contributed by atoms with Crippen LogP contribution in [0.1, 0.15) is 25.8 Å². The highest BCUT2D eigenvalue weighted by atomic mass is 32.2. The van der Waals surface area contributed by atoms with Crippen molar-refractivity contribution < 1.29 is 9.21 Å². The van der Waals surface area contributed by atoms with Gasteiger partial charge in [-0.05, 0) is 25.5 Å². The quantitative estimate of drug-likeness (QED) is 0.389. The van der Waals surface area contributed by atoms with Crippen molar-refractivity contribution in [1.29, 1.82) is 0 Å². The molecule has 0 fully saturated rings. The van der Waals surface area contributed by atoms with E-state index in [0.29, 0.717) is 10.1 Å². The molecule has 0 unspecified atom stereocenters. The van der Waals surface area contributed by atoms with Crippen LogP contribution < -0.4 is 11.3 Å². The molecule has 3 N–H and O–H groups in total. The monoisotopic (exact) mass is 283 g/mol. The second-order valence-electron chi connectivity index (χ2n) is 3.71. The van der Waals surface area contributed by atoms with Gasteiger partial charge in [0.15, 0.2) is 0 Å². The molecule has 7 heteroatoms. The molecule has 1 amide bonds. The lowest BCUT2D eigenvalue weighted by molar-refractivity contribution is 0.0957. The SMILES string of the molecule is Cc1coc(SCc2cc(C(=O)NN)sc2C)n1. The number of carbonyl (C=O) groups is 1. The third kappa shape index (κ3) is 2.92. The van der Waals surface area contributed by atoms with E-state index in [0.717, 1.165) is 21.9 Å². The summed E-state index contributed by atoms with van der Waals surface area (Å²) in [5, 5.41) is 0.642. The summed E-state index contributed by atoms with van der Waals surface area (Å²) in [6.07, 6.45) is 1.62. The van der Waals surface area contributed by atoms with E-state index < -0.39 is 0 Å². The van der Waals surface area contributed by atoms with E-state index in [1.807, 2.05) is 19.9 Å². The number of nitrogens with two attached hydrogens (primary N) is 1. The molecule has 0 aliphatic heterocycles. The maximum Gasteiger partial charge on any atom is 0.275 e. The molecule has 0 radical (unpaired) electrons. The minimum Gasteiger partial charge on any atom is -0.440 e. The normalized spacial score (nSPS) is 10.6. The number of thiophene rings is 1. The van der Waals surface area contributed by atoms with E-state index in [1.165, 1.54) is 23.1 Å². The van der Waals surface area contributed by atoms with Crippen LogP contribution in [0.25, 0.3) is 0 Å². The van der Waals surface area contributed by atoms with E-state index in [1.54, 1.807) is 6.26 Å². The molecular formula is C11H13N3O2S2. The summed E-state index contributed by atoms with van der Waals surface area (Å²) in [4.78, 5) is 17.3. The number of oxazole rings is 1. The van der Waals surface area contributed by atoms with Crippen LogP contribution in [-0.4, -0.2) is 10.9 Å². The van der Waals surface area contributed by atoms with Crippen molar-refractivity contribution >= 4 is 29.0 Å². The molecule has 2 rings (SSSR count). The van der Waals surface area contributed by atoms with Gasteiger partial charge in [-0.2, -0.15) is 0 Å². The van der Waals surface area contributed by atoms with Gasteiger partial charge in [0.25, 0.3) is 11.1 Å². The Hall–Kier alpha value is -1.31. The van der Waals surface area contributed by atoms with Crippen LogP contribution >= 0.6 is 23.1 Å². The van der Waals surface area contributed by atoms with Crippen molar-refractivity contribution in [3.63, 3.8) is 0 Å². The molecule has 18 heavy (non-hydrogen) atoms. The minimum absolute atomic E-state index is 0.258. The second-order valence-corrected chi connectivity index (χ2v) is 5.89. The first-order valence-corrected chi connectivity index (χ1v) is 7.05. The number of hydrogen-bond donors (Lipinski definition) is 2. The number of hydrazine groups is 1. The van der Waals surface area contributed by atoms with Gasteiger partial charge in [0.2, 0.25) is 0 Å². The molecule has 2 heterocycles. The molecule has 0 saturated carbocycles. The van der Waals surface area contributed by atoms with Crippen molar-refractivity contribution in [1.82, 2.24) is 10.4 Å². The van der Waals surface area contributed by atoms with E-state index in [2.05, 4.69) is 10.4 Å². The number of nitrogens with one attached hydrogen (secondary N) is 1. The molecule has 2 aromatic heterocycles. The minimum atomic E-state index is -0.258. The van der Waals surface area contributed by atoms with Crippen LogP contribution in [0.4, 0.5) is 0 Å². The van der Waals surface area contributed by atoms with Gasteiger partial charge in [-0.15, -0.1) is 11.3 Å². The number of rotatable bonds is 4. The highest BCUT2D eigenvalue weighted by Crippen LogP contribution is 2.28. The Morgan fingerprint density at radius 1 is 1.61 bits per heavy atom. The van der Waals surface area contributed by atoms with Crippen LogP contribution in [0.2, 0.25) is 0 Å². The van der Waals surface area contributed by atoms with Gasteiger partial charge in [-0.1, -0.05) is 11.8 Å². The zero-order valence-electron chi connectivity index (χ0n) is 10.0. The van der Waals surface area contributed by atoms with Crippen molar-refractivity contribution in [2.24, 2.45) is 5.84 Å². The predicted octanol–water partition coefficient (Wildman–Crippen LogP) is 2.25. The Labute approximate surface area is 113 Å². The number of aryl methyl sites for hydroxylation is 2. The topological polar surface area (TPSA) is 81.2 Å². The van der Waals surface area contributed by atoms with E-state index >= 15 is 0 Å². The van der Waals surface area contributed by atoms with Gasteiger partial charge >= 0.3 is 0 Å². The number of hydrogen-bond acceptors (Lipinski definition) is 6. The van der Waals surface area contributed by atoms with Gasteiger partial charge in [0.1, 0.15) is 6.26 Å². The third-order valence-corrected chi connectivity index (χ3v) is 4.31. The molecule has 5 nitrogen and oxygen atoms in total. The van der Waals surface area contributed by atoms with Crippen LogP contribution in [0.5, 0.6) is 0 Å². The Morgan fingerprint density at radius 2 is 2.39 bits per heavy atom. The molecular weight excluding hydrogens is 270 g/mol. The summed E-state index contributed by atoms with van der Waals surface area (Å²) in [6, 6.07) is 1.85. The average molecular weight is 283 g/mol. The maximum absolute atomic E-state index is 11.4. The van der Waals surface area contributed by atoms with Crippen molar-refractivity contribution in [3.8, 4) is 0 Å². The molecule has 96 valence electrons. The summed E-state index contributed by atoms with van der Waals surface area (Å²) >= 11 is 2.94. The highest BCUT2D eigenvalue weighted by molar-refractivity contribution is 7.98. The first-order valence-electron chi connectivity index (χ1n) is 5.25. The largest absolute Gasteiger partial charge is 0.440 e. The Balaban J connectivity index is 2.05. The Kier molecular flexibility index (Phi) is 4.05. The number of nitrogen functional groups attached to an aromatic ring is 1. The third-order valence-electron chi connectivity index (χ3n) is 2.32. The molecule has 0 bridgehead atoms. The molecule has 0 atom stereocenters. The maximum atomic E-state index is 11.4. The summed E-state index contributed by atoms with van der Waals surface area (Å²) in [5.74, 6) is 5.57. The van der Waals surface area contributed by atoms with Crippen molar-refractivity contribution in [3.05, 3.63) is 33.3 Å². The number of aromatic nitrogens is 1. The lowest BCUT2D eigenvalue weighted by Gasteiger charge is -1.95. The van der Waals surface area contributed by atoms with Gasteiger partial charge in [0, 0.05) is 10.6 Å². The van der Waals surface area contributed by atoms with Crippen molar-refractivity contribution in [2.75, 3.05) is 0 Å². The summed E-state index contributed by atoms with van der Waals surface area (Å²) in [6.45, 7) is 3.86. The van der Waals surface area contributed by atoms with Crippen molar-refractivity contribution in [2.45, 2.75) is 24.8 Å². The standard InChI is InChI=1S/C11H13N3O2S2/c1-6-4-16-11(13-6)17-5-8-3-9(10(15)14-12)18-7(8)2/h3-4H,5,12H2,1-2H3,(H,14,15). The zero-order chi connectivity index (χ0) is 13.1. The summed E-state index contributed by atoms with van der Waals surface area (Å²) in [7, 11) is 0. The van der Waals surface area contributed by atoms with E-state index in [-0.39, 0.29) is 5.91 Å². The fourth-order valence-electron chi connectivity index (χ4n) is 1.38. The van der Waals surface area contributed by atoms with Gasteiger partial charge in [-0.3, -0.25) is 10.2 Å². The van der Waals surface area contributed by atoms with Crippen LogP contribution in [0, 0.1) is 13.8 Å². The highest BCUT2D eigenvalue weighted by Gasteiger charge is 2.12. The molecule has 0 aliphatic carbocycles. The molecule has 0 saturated heterocycles. The summed E-state index contributed by atoms with van der Waals surface area (Å²) < 4.78 is 5.26. The molecule has 0 aliphatic rings. The number of carbonyl (C=O) groups excluding carboxylic acids is 1. The zero-order valence-corrected chi connectivity index (χ0v) is 11.7. The summed E-state index contributed by atoms with van der Waals surface area (Å²) in [5.41, 5.74) is 4.09. The fraction of sp³-hybridized carbons (Fsp3) is 0.273. The van der Waals surface area contributed by atoms with Gasteiger partial charge in [-0.25, -0.2) is 10.8 Å². The van der Waals surface area contributed by atoms with Gasteiger partial charge < -0.3 is 4.42 Å². The van der Waals surface area contributed by atoms with Crippen LogP contribution in [-0.2, 0) is 5.75 Å². The first-order chi connectivity index (χ1) is 8.60. The lowest BCUT2D eigenvalue weighted by atomic mass is 10.3. The molecule has 0 aromatic carbocycles. The van der Waals surface area contributed by atoms with Gasteiger partial charge in [0.05, 0.1) is 10.6 Å². The molecule has 2 aromatic rings. The van der Waals surface area contributed by atoms with Crippen LogP contribution in [0.3, 0.4) is 0 Å². The van der Waals surface area contributed by atoms with E-state index in [4.69, 9.17) is 10.3 Å². The smallest absolute Gasteiger partial charge is 0.275 e. The second kappa shape index (κ2) is 5.55. The molecule has 0 spiro atoms. The Bertz CT molecular complexity index is 562. The number of thioether (sulfide) groups is 1. The average Bonchev–Trinajstić information content (AvgIpc) is 2.92. The van der Waals surface area contributed by atoms with Crippen LogP contribution in [0.15, 0.2) is 22.0 Å². The first kappa shape index (κ1) is 13.1. The predicted molar refractivity (Wildman–Crippen MR) is 71.5 cm³/mol. The van der Waals surface area contributed by atoms with E-state index in [9.17, 15) is 4.79 Å². The Morgan fingerprint density at radius 3 is 3.00 bits per heavy atom. The number of amides is 1. The number of nitrogens with zero attached hydrogens (tertiary/aromatic N) is 1.